The van der Waals surface area contributed by atoms with Crippen LogP contribution in [-0.4, -0.2) is 55.3 Å². The molecular weight excluding hydrogens is 426 g/mol. The number of aliphatic hydroxyl groups excluding tert-OH is 1. The Kier molecular flexibility index (Phi) is 5.51. The molecule has 10 heteroatoms. The number of aromatic nitrogens is 4. The molecule has 0 bridgehead atoms. The van der Waals surface area contributed by atoms with Crippen molar-refractivity contribution in [2.24, 2.45) is 0 Å². The predicted octanol–water partition coefficient (Wildman–Crippen LogP) is 2.19. The number of nitrogens with one attached hydrogen (secondary N) is 1. The van der Waals surface area contributed by atoms with Crippen molar-refractivity contribution in [1.82, 2.24) is 19.5 Å². The Morgan fingerprint density at radius 2 is 1.70 bits per heavy atom. The van der Waals surface area contributed by atoms with Crippen LogP contribution < -0.4 is 5.32 Å². The molecule has 166 valence electrons. The van der Waals surface area contributed by atoms with Crippen LogP contribution in [0.5, 0.6) is 0 Å². The lowest BCUT2D eigenvalue weighted by molar-refractivity contribution is -0.0405. The molecule has 1 fully saturated rings. The van der Waals surface area contributed by atoms with Gasteiger partial charge in [0.1, 0.15) is 12.4 Å². The lowest BCUT2D eigenvalue weighted by Gasteiger charge is -2.22. The number of anilines is 1. The fourth-order valence-electron chi connectivity index (χ4n) is 3.62. The van der Waals surface area contributed by atoms with E-state index < -0.39 is 24.4 Å². The topological polar surface area (TPSA) is 128 Å². The van der Waals surface area contributed by atoms with Crippen LogP contribution in [0.25, 0.3) is 11.2 Å². The van der Waals surface area contributed by atoms with Gasteiger partial charge in [0.25, 0.3) is 5.91 Å². The van der Waals surface area contributed by atoms with E-state index in [1.54, 1.807) is 59.2 Å². The third kappa shape index (κ3) is 4.04. The van der Waals surface area contributed by atoms with E-state index >= 15 is 0 Å². The molecule has 2 aromatic heterocycles. The monoisotopic (exact) mass is 445 g/mol. The Morgan fingerprint density at radius 1 is 1.00 bits per heavy atom. The molecule has 33 heavy (non-hydrogen) atoms. The number of esters is 1. The molecule has 0 radical (unpaired) electrons. The van der Waals surface area contributed by atoms with Gasteiger partial charge < -0.3 is 19.9 Å². The van der Waals surface area contributed by atoms with E-state index in [1.807, 2.05) is 6.07 Å². The van der Waals surface area contributed by atoms with Crippen molar-refractivity contribution in [3.05, 3.63) is 84.4 Å². The SMILES string of the molecule is O=C(Nc1ncnc2c1ncn2C1OCC(O)C1OC(=O)c1ccccc1)c1ccccc1. The summed E-state index contributed by atoms with van der Waals surface area (Å²) in [7, 11) is 0. The third-order valence-electron chi connectivity index (χ3n) is 5.25. The van der Waals surface area contributed by atoms with Crippen molar-refractivity contribution in [2.45, 2.75) is 18.4 Å². The molecular formula is C23H19N5O5. The normalized spacial score (nSPS) is 20.0. The molecule has 0 spiro atoms. The van der Waals surface area contributed by atoms with Crippen molar-refractivity contribution >= 4 is 28.9 Å². The highest BCUT2D eigenvalue weighted by Gasteiger charge is 2.41. The summed E-state index contributed by atoms with van der Waals surface area (Å²) in [5.41, 5.74) is 1.52. The van der Waals surface area contributed by atoms with Crippen LogP contribution in [0.2, 0.25) is 0 Å². The zero-order valence-electron chi connectivity index (χ0n) is 17.2. The van der Waals surface area contributed by atoms with Crippen LogP contribution in [0.3, 0.4) is 0 Å². The highest BCUT2D eigenvalue weighted by atomic mass is 16.6. The van der Waals surface area contributed by atoms with E-state index in [4.69, 9.17) is 9.47 Å². The summed E-state index contributed by atoms with van der Waals surface area (Å²) < 4.78 is 12.8. The fourth-order valence-corrected chi connectivity index (χ4v) is 3.62. The Labute approximate surface area is 187 Å². The Balaban J connectivity index is 1.42. The van der Waals surface area contributed by atoms with Crippen molar-refractivity contribution in [3.8, 4) is 0 Å². The molecule has 5 rings (SSSR count). The highest BCUT2D eigenvalue weighted by molar-refractivity contribution is 6.06. The van der Waals surface area contributed by atoms with Gasteiger partial charge in [0, 0.05) is 5.56 Å². The molecule has 1 aliphatic rings. The summed E-state index contributed by atoms with van der Waals surface area (Å²) in [5, 5.41) is 13.1. The first-order valence-corrected chi connectivity index (χ1v) is 10.2. The largest absolute Gasteiger partial charge is 0.451 e. The first-order chi connectivity index (χ1) is 16.1. The van der Waals surface area contributed by atoms with E-state index in [1.165, 1.54) is 12.7 Å². The van der Waals surface area contributed by atoms with Crippen LogP contribution in [0, 0.1) is 0 Å². The number of benzene rings is 2. The highest BCUT2D eigenvalue weighted by Crippen LogP contribution is 2.31. The number of nitrogens with zero attached hydrogens (tertiary/aromatic N) is 4. The van der Waals surface area contributed by atoms with Crippen molar-refractivity contribution < 1.29 is 24.2 Å². The number of ether oxygens (including phenoxy) is 2. The van der Waals surface area contributed by atoms with Crippen LogP contribution in [-0.2, 0) is 9.47 Å². The summed E-state index contributed by atoms with van der Waals surface area (Å²) >= 11 is 0. The first-order valence-electron chi connectivity index (χ1n) is 10.2. The number of imidazole rings is 1. The molecule has 1 saturated heterocycles. The van der Waals surface area contributed by atoms with E-state index in [9.17, 15) is 14.7 Å². The summed E-state index contributed by atoms with van der Waals surface area (Å²) in [6.07, 6.45) is -0.127. The van der Waals surface area contributed by atoms with Gasteiger partial charge in [-0.3, -0.25) is 9.36 Å². The van der Waals surface area contributed by atoms with Crippen molar-refractivity contribution in [3.63, 3.8) is 0 Å². The van der Waals surface area contributed by atoms with Crippen molar-refractivity contribution in [1.29, 1.82) is 0 Å². The number of hydrogen-bond donors (Lipinski definition) is 2. The maximum Gasteiger partial charge on any atom is 0.338 e. The average Bonchev–Trinajstić information content (AvgIpc) is 3.44. The number of fused-ring (bicyclic) bond motifs is 1. The van der Waals surface area contributed by atoms with E-state index in [0.717, 1.165) is 0 Å². The van der Waals surface area contributed by atoms with Crippen LogP contribution in [0.4, 0.5) is 5.82 Å². The van der Waals surface area contributed by atoms with Gasteiger partial charge in [-0.25, -0.2) is 19.7 Å². The Morgan fingerprint density at radius 3 is 2.42 bits per heavy atom. The number of hydrogen-bond acceptors (Lipinski definition) is 8. The van der Waals surface area contributed by atoms with Gasteiger partial charge >= 0.3 is 5.97 Å². The standard InChI is InChI=1S/C23H19N5O5/c29-16-11-32-22(18(16)33-23(31)15-9-5-2-6-10-15)28-13-26-17-19(24-12-25-20(17)28)27-21(30)14-7-3-1-4-8-14/h1-10,12-13,16,18,22,29H,11H2,(H,24,25,27,30). The van der Waals surface area contributed by atoms with E-state index in [2.05, 4.69) is 20.3 Å². The minimum absolute atomic E-state index is 0.0280. The molecule has 3 atom stereocenters. The summed E-state index contributed by atoms with van der Waals surface area (Å²) in [5.74, 6) is -0.693. The summed E-state index contributed by atoms with van der Waals surface area (Å²) in [6.45, 7) is -0.0280. The molecule has 0 aliphatic carbocycles. The summed E-state index contributed by atoms with van der Waals surface area (Å²) in [4.78, 5) is 37.8. The van der Waals surface area contributed by atoms with E-state index in [0.29, 0.717) is 22.3 Å². The number of amides is 1. The zero-order valence-corrected chi connectivity index (χ0v) is 17.2. The first kappa shape index (κ1) is 20.7. The fraction of sp³-hybridized carbons (Fsp3) is 0.174. The molecule has 2 N–H and O–H groups in total. The zero-order chi connectivity index (χ0) is 22.8. The van der Waals surface area contributed by atoms with Crippen LogP contribution in [0.15, 0.2) is 73.3 Å². The maximum absolute atomic E-state index is 12.6. The Bertz CT molecular complexity index is 1290. The smallest absolute Gasteiger partial charge is 0.338 e. The maximum atomic E-state index is 12.6. The molecule has 3 heterocycles. The lowest BCUT2D eigenvalue weighted by atomic mass is 10.2. The Hall–Kier alpha value is -4.15. The number of rotatable bonds is 5. The minimum Gasteiger partial charge on any atom is -0.451 e. The van der Waals surface area contributed by atoms with Gasteiger partial charge in [-0.1, -0.05) is 36.4 Å². The summed E-state index contributed by atoms with van der Waals surface area (Å²) in [6, 6.07) is 17.2. The molecule has 3 unspecified atom stereocenters. The van der Waals surface area contributed by atoms with Gasteiger partial charge in [0.15, 0.2) is 29.3 Å². The van der Waals surface area contributed by atoms with Gasteiger partial charge in [0.05, 0.1) is 18.5 Å². The average molecular weight is 445 g/mol. The molecule has 0 saturated carbocycles. The van der Waals surface area contributed by atoms with Gasteiger partial charge in [-0.2, -0.15) is 0 Å². The lowest BCUT2D eigenvalue weighted by Crippen LogP contribution is -2.33. The second-order valence-corrected chi connectivity index (χ2v) is 7.39. The van der Waals surface area contributed by atoms with Gasteiger partial charge in [0.2, 0.25) is 0 Å². The molecule has 1 amide bonds. The third-order valence-corrected chi connectivity index (χ3v) is 5.25. The number of aliphatic hydroxyl groups is 1. The minimum atomic E-state index is -1.03. The van der Waals surface area contributed by atoms with Gasteiger partial charge in [-0.05, 0) is 24.3 Å². The van der Waals surface area contributed by atoms with Crippen LogP contribution >= 0.6 is 0 Å². The molecule has 4 aromatic rings. The molecule has 2 aromatic carbocycles. The predicted molar refractivity (Wildman–Crippen MR) is 116 cm³/mol. The molecule has 10 nitrogen and oxygen atoms in total. The quantitative estimate of drug-likeness (QED) is 0.448. The van der Waals surface area contributed by atoms with Gasteiger partial charge in [-0.15, -0.1) is 0 Å². The number of carbonyl (C=O) groups excluding carboxylic acids is 2. The second-order valence-electron chi connectivity index (χ2n) is 7.39. The number of carbonyl (C=O) groups is 2. The van der Waals surface area contributed by atoms with Crippen LogP contribution in [0.1, 0.15) is 26.9 Å². The molecule has 1 aliphatic heterocycles. The van der Waals surface area contributed by atoms with Crippen molar-refractivity contribution in [2.75, 3.05) is 11.9 Å². The second kappa shape index (κ2) is 8.77. The van der Waals surface area contributed by atoms with E-state index in [-0.39, 0.29) is 18.3 Å².